The minimum Gasteiger partial charge on any atom is -0.381 e. The summed E-state index contributed by atoms with van der Waals surface area (Å²) in [6.07, 6.45) is 3.22. The molecule has 1 unspecified atom stereocenters. The number of hydrogen-bond donors (Lipinski definition) is 1. The lowest BCUT2D eigenvalue weighted by Gasteiger charge is -2.26. The summed E-state index contributed by atoms with van der Waals surface area (Å²) in [7, 11) is 0. The van der Waals surface area contributed by atoms with Crippen molar-refractivity contribution in [2.75, 3.05) is 32.8 Å². The van der Waals surface area contributed by atoms with E-state index in [0.29, 0.717) is 5.92 Å². The highest BCUT2D eigenvalue weighted by Gasteiger charge is 2.28. The molecule has 2 fully saturated rings. The first-order valence-corrected chi connectivity index (χ1v) is 6.41. The smallest absolute Gasteiger partial charge is 0.239 e. The summed E-state index contributed by atoms with van der Waals surface area (Å²) >= 11 is 0. The number of carbonyl (C=O) groups excluding carboxylic acids is 1. The Morgan fingerprint density at radius 1 is 1.50 bits per heavy atom. The average Bonchev–Trinajstić information content (AvgIpc) is 2.97. The molecule has 16 heavy (non-hydrogen) atoms. The van der Waals surface area contributed by atoms with E-state index in [-0.39, 0.29) is 11.9 Å². The predicted octanol–water partition coefficient (Wildman–Crippen LogP) is 0.623. The van der Waals surface area contributed by atoms with E-state index in [4.69, 9.17) is 4.74 Å². The number of ether oxygens (including phenoxy) is 1. The van der Waals surface area contributed by atoms with E-state index in [1.807, 2.05) is 4.90 Å². The Kier molecular flexibility index (Phi) is 4.18. The highest BCUT2D eigenvalue weighted by atomic mass is 16.5. The van der Waals surface area contributed by atoms with Crippen LogP contribution in [0.3, 0.4) is 0 Å². The number of carbonyl (C=O) groups is 1. The Bertz CT molecular complexity index is 233. The molecule has 0 aromatic rings. The number of amides is 1. The van der Waals surface area contributed by atoms with Crippen molar-refractivity contribution in [2.24, 2.45) is 5.92 Å². The third-order valence-electron chi connectivity index (χ3n) is 3.55. The molecule has 2 atom stereocenters. The number of likely N-dealkylation sites (N-methyl/N-ethyl adjacent to an activating group) is 1. The van der Waals surface area contributed by atoms with Gasteiger partial charge in [0.15, 0.2) is 0 Å². The van der Waals surface area contributed by atoms with Gasteiger partial charge in [-0.25, -0.2) is 0 Å². The summed E-state index contributed by atoms with van der Waals surface area (Å²) in [5, 5.41) is 3.27. The van der Waals surface area contributed by atoms with Crippen molar-refractivity contribution in [1.82, 2.24) is 10.2 Å². The van der Waals surface area contributed by atoms with Crippen molar-refractivity contribution in [2.45, 2.75) is 32.2 Å². The van der Waals surface area contributed by atoms with Gasteiger partial charge in [0.2, 0.25) is 5.91 Å². The molecule has 2 saturated heterocycles. The van der Waals surface area contributed by atoms with Gasteiger partial charge in [0.05, 0.1) is 12.6 Å². The molecule has 0 aromatic heterocycles. The van der Waals surface area contributed by atoms with Crippen LogP contribution in [-0.4, -0.2) is 49.7 Å². The molecule has 0 spiro atoms. The van der Waals surface area contributed by atoms with Gasteiger partial charge in [-0.3, -0.25) is 4.79 Å². The molecule has 2 aliphatic rings. The standard InChI is InChI=1S/C12H22N2O2/c1-2-14(8-10-5-7-16-9-10)12(15)11-4-3-6-13-11/h10-11,13H,2-9H2,1H3/t10?,11-/m1/s1. The van der Waals surface area contributed by atoms with Gasteiger partial charge >= 0.3 is 0 Å². The van der Waals surface area contributed by atoms with Crippen molar-refractivity contribution < 1.29 is 9.53 Å². The van der Waals surface area contributed by atoms with E-state index < -0.39 is 0 Å². The van der Waals surface area contributed by atoms with Crippen molar-refractivity contribution in [3.63, 3.8) is 0 Å². The van der Waals surface area contributed by atoms with Crippen LogP contribution in [-0.2, 0) is 9.53 Å². The van der Waals surface area contributed by atoms with Crippen LogP contribution in [0, 0.1) is 5.92 Å². The molecule has 92 valence electrons. The second kappa shape index (κ2) is 5.64. The Hall–Kier alpha value is -0.610. The fourth-order valence-corrected chi connectivity index (χ4v) is 2.53. The highest BCUT2D eigenvalue weighted by molar-refractivity contribution is 5.82. The summed E-state index contributed by atoms with van der Waals surface area (Å²) in [4.78, 5) is 14.2. The van der Waals surface area contributed by atoms with Crippen LogP contribution >= 0.6 is 0 Å². The summed E-state index contributed by atoms with van der Waals surface area (Å²) in [5.41, 5.74) is 0. The first-order chi connectivity index (χ1) is 7.81. The lowest BCUT2D eigenvalue weighted by molar-refractivity contribution is -0.133. The Labute approximate surface area is 97.3 Å². The van der Waals surface area contributed by atoms with Gasteiger partial charge in [-0.1, -0.05) is 0 Å². The van der Waals surface area contributed by atoms with Gasteiger partial charge in [-0.2, -0.15) is 0 Å². The molecule has 2 aliphatic heterocycles. The maximum atomic E-state index is 12.2. The molecule has 0 radical (unpaired) electrons. The largest absolute Gasteiger partial charge is 0.381 e. The van der Waals surface area contributed by atoms with Crippen LogP contribution in [0.2, 0.25) is 0 Å². The van der Waals surface area contributed by atoms with E-state index in [1.165, 1.54) is 0 Å². The fourth-order valence-electron chi connectivity index (χ4n) is 2.53. The zero-order valence-electron chi connectivity index (χ0n) is 10.1. The Morgan fingerprint density at radius 3 is 2.94 bits per heavy atom. The van der Waals surface area contributed by atoms with E-state index in [0.717, 1.165) is 52.1 Å². The zero-order valence-corrected chi connectivity index (χ0v) is 10.1. The topological polar surface area (TPSA) is 41.6 Å². The van der Waals surface area contributed by atoms with Gasteiger partial charge in [-0.15, -0.1) is 0 Å². The highest BCUT2D eigenvalue weighted by Crippen LogP contribution is 2.16. The number of hydrogen-bond acceptors (Lipinski definition) is 3. The second-order valence-electron chi connectivity index (χ2n) is 4.76. The van der Waals surface area contributed by atoms with E-state index in [1.54, 1.807) is 0 Å². The van der Waals surface area contributed by atoms with Crippen molar-refractivity contribution in [3.8, 4) is 0 Å². The minimum absolute atomic E-state index is 0.0715. The summed E-state index contributed by atoms with van der Waals surface area (Å²) < 4.78 is 5.35. The number of nitrogens with one attached hydrogen (secondary N) is 1. The molecule has 2 heterocycles. The van der Waals surface area contributed by atoms with Gasteiger partial charge in [0, 0.05) is 25.6 Å². The zero-order chi connectivity index (χ0) is 11.4. The van der Waals surface area contributed by atoms with Crippen molar-refractivity contribution in [1.29, 1.82) is 0 Å². The number of nitrogens with zero attached hydrogens (tertiary/aromatic N) is 1. The summed E-state index contributed by atoms with van der Waals surface area (Å²) in [6.45, 7) is 6.41. The molecule has 1 N–H and O–H groups in total. The average molecular weight is 226 g/mol. The molecule has 4 heteroatoms. The van der Waals surface area contributed by atoms with Gasteiger partial charge in [-0.05, 0) is 32.7 Å². The molecule has 0 bridgehead atoms. The van der Waals surface area contributed by atoms with E-state index >= 15 is 0 Å². The van der Waals surface area contributed by atoms with Crippen LogP contribution in [0.4, 0.5) is 0 Å². The second-order valence-corrected chi connectivity index (χ2v) is 4.76. The predicted molar refractivity (Wildman–Crippen MR) is 62.2 cm³/mol. The number of rotatable bonds is 4. The minimum atomic E-state index is 0.0715. The van der Waals surface area contributed by atoms with Crippen LogP contribution in [0.1, 0.15) is 26.2 Å². The maximum Gasteiger partial charge on any atom is 0.239 e. The monoisotopic (exact) mass is 226 g/mol. The first kappa shape index (κ1) is 11.9. The fraction of sp³-hybridized carbons (Fsp3) is 0.917. The van der Waals surface area contributed by atoms with Crippen LogP contribution in [0.5, 0.6) is 0 Å². The molecule has 0 saturated carbocycles. The lowest BCUT2D eigenvalue weighted by atomic mass is 10.1. The van der Waals surface area contributed by atoms with Gasteiger partial charge in [0.25, 0.3) is 0 Å². The van der Waals surface area contributed by atoms with Gasteiger partial charge in [0.1, 0.15) is 0 Å². The SMILES string of the molecule is CCN(CC1CCOC1)C(=O)[C@H]1CCCN1. The third-order valence-corrected chi connectivity index (χ3v) is 3.55. The quantitative estimate of drug-likeness (QED) is 0.764. The van der Waals surface area contributed by atoms with E-state index in [9.17, 15) is 4.79 Å². The molecular weight excluding hydrogens is 204 g/mol. The maximum absolute atomic E-state index is 12.2. The lowest BCUT2D eigenvalue weighted by Crippen LogP contribution is -2.45. The molecule has 2 rings (SSSR count). The molecule has 4 nitrogen and oxygen atoms in total. The summed E-state index contributed by atoms with van der Waals surface area (Å²) in [5.74, 6) is 0.831. The molecule has 0 aromatic carbocycles. The van der Waals surface area contributed by atoms with Gasteiger partial charge < -0.3 is 15.0 Å². The first-order valence-electron chi connectivity index (χ1n) is 6.41. The Balaban J connectivity index is 1.84. The normalized spacial score (nSPS) is 29.6. The van der Waals surface area contributed by atoms with E-state index in [2.05, 4.69) is 12.2 Å². The van der Waals surface area contributed by atoms with Crippen LogP contribution in [0.25, 0.3) is 0 Å². The molecular formula is C12H22N2O2. The van der Waals surface area contributed by atoms with Crippen LogP contribution in [0.15, 0.2) is 0 Å². The third kappa shape index (κ3) is 2.74. The summed E-state index contributed by atoms with van der Waals surface area (Å²) in [6, 6.07) is 0.0715. The molecule has 1 amide bonds. The Morgan fingerprint density at radius 2 is 2.38 bits per heavy atom. The molecule has 0 aliphatic carbocycles. The van der Waals surface area contributed by atoms with Crippen molar-refractivity contribution >= 4 is 5.91 Å². The van der Waals surface area contributed by atoms with Crippen molar-refractivity contribution in [3.05, 3.63) is 0 Å². The van der Waals surface area contributed by atoms with Crippen LogP contribution < -0.4 is 5.32 Å².